The number of fused-ring (bicyclic) bond motifs is 1. The number of carbonyl (C=O) groups excluding carboxylic acids is 2. The molecule has 5 nitrogen and oxygen atoms in total. The molecule has 0 amide bonds. The molecule has 164 valence electrons. The molecular formula is C25H20ClFO5. The summed E-state index contributed by atoms with van der Waals surface area (Å²) in [4.78, 5) is 25.8. The van der Waals surface area contributed by atoms with Gasteiger partial charge in [-0.25, -0.2) is 4.39 Å². The molecule has 32 heavy (non-hydrogen) atoms. The van der Waals surface area contributed by atoms with Crippen LogP contribution in [0.2, 0.25) is 5.02 Å². The fraction of sp³-hybridized carbons (Fsp3) is 0.200. The molecule has 4 rings (SSSR count). The van der Waals surface area contributed by atoms with Crippen molar-refractivity contribution in [3.05, 3.63) is 88.2 Å². The molecular weight excluding hydrogens is 435 g/mol. The van der Waals surface area contributed by atoms with Gasteiger partial charge in [-0.05, 0) is 29.8 Å². The zero-order valence-electron chi connectivity index (χ0n) is 17.4. The molecule has 0 unspecified atom stereocenters. The lowest BCUT2D eigenvalue weighted by Gasteiger charge is -2.35. The normalized spacial score (nSPS) is 17.9. The molecule has 0 bridgehead atoms. The van der Waals surface area contributed by atoms with Gasteiger partial charge in [0, 0.05) is 35.1 Å². The molecule has 0 aromatic heterocycles. The fourth-order valence-corrected chi connectivity index (χ4v) is 4.35. The highest BCUT2D eigenvalue weighted by Crippen LogP contribution is 2.53. The van der Waals surface area contributed by atoms with E-state index in [0.29, 0.717) is 28.2 Å². The lowest BCUT2D eigenvalue weighted by Crippen LogP contribution is -2.43. The Morgan fingerprint density at radius 3 is 2.47 bits per heavy atom. The Bertz CT molecular complexity index is 1180. The van der Waals surface area contributed by atoms with Crippen LogP contribution in [0.3, 0.4) is 0 Å². The zero-order valence-corrected chi connectivity index (χ0v) is 18.2. The monoisotopic (exact) mass is 454 g/mol. The average molecular weight is 455 g/mol. The molecule has 1 heterocycles. The number of Topliss-reactive ketones (excluding diaryl/α,β-unsaturated/α-hetero) is 1. The van der Waals surface area contributed by atoms with Crippen molar-refractivity contribution >= 4 is 23.7 Å². The summed E-state index contributed by atoms with van der Waals surface area (Å²) in [6.45, 7) is 0. The third-order valence-electron chi connectivity index (χ3n) is 5.68. The van der Waals surface area contributed by atoms with Crippen LogP contribution in [-0.4, -0.2) is 26.3 Å². The van der Waals surface area contributed by atoms with E-state index in [1.54, 1.807) is 42.5 Å². The number of rotatable bonds is 7. The first-order valence-electron chi connectivity index (χ1n) is 9.89. The van der Waals surface area contributed by atoms with Crippen molar-refractivity contribution in [2.24, 2.45) is 0 Å². The Kier molecular flexibility index (Phi) is 5.89. The summed E-state index contributed by atoms with van der Waals surface area (Å²) in [5, 5.41) is 0.476. The van der Waals surface area contributed by atoms with Crippen molar-refractivity contribution in [2.45, 2.75) is 17.9 Å². The Balaban J connectivity index is 2.00. The van der Waals surface area contributed by atoms with Crippen molar-refractivity contribution in [2.75, 3.05) is 14.2 Å². The molecule has 1 aliphatic heterocycles. The molecule has 3 aromatic carbocycles. The number of ketones is 1. The van der Waals surface area contributed by atoms with Crippen LogP contribution in [0.4, 0.5) is 4.39 Å². The summed E-state index contributed by atoms with van der Waals surface area (Å²) in [7, 11) is 2.94. The highest BCUT2D eigenvalue weighted by molar-refractivity contribution is 6.30. The van der Waals surface area contributed by atoms with Crippen LogP contribution in [0, 0.1) is 5.82 Å². The van der Waals surface area contributed by atoms with E-state index < -0.39 is 23.1 Å². The summed E-state index contributed by atoms with van der Waals surface area (Å²) in [5.41, 5.74) is -0.462. The number of halogens is 2. The Morgan fingerprint density at radius 2 is 1.84 bits per heavy atom. The third kappa shape index (κ3) is 3.50. The predicted octanol–water partition coefficient (Wildman–Crippen LogP) is 5.34. The Hall–Kier alpha value is -3.38. The van der Waals surface area contributed by atoms with Crippen LogP contribution < -0.4 is 14.2 Å². The number of benzene rings is 3. The van der Waals surface area contributed by atoms with Crippen LogP contribution in [0.5, 0.6) is 17.2 Å². The summed E-state index contributed by atoms with van der Waals surface area (Å²) >= 11 is 6.09. The lowest BCUT2D eigenvalue weighted by atomic mass is 9.72. The third-order valence-corrected chi connectivity index (χ3v) is 5.93. The zero-order chi connectivity index (χ0) is 22.9. The van der Waals surface area contributed by atoms with Crippen LogP contribution in [0.15, 0.2) is 60.7 Å². The van der Waals surface area contributed by atoms with E-state index in [2.05, 4.69) is 0 Å². The number of carbonyl (C=O) groups is 2. The van der Waals surface area contributed by atoms with Gasteiger partial charge >= 0.3 is 0 Å². The van der Waals surface area contributed by atoms with Gasteiger partial charge in [0.15, 0.2) is 0 Å². The molecule has 3 aromatic rings. The minimum atomic E-state index is -1.64. The van der Waals surface area contributed by atoms with Crippen molar-refractivity contribution < 1.29 is 28.2 Å². The first kappa shape index (κ1) is 21.8. The second kappa shape index (κ2) is 8.63. The number of ether oxygens (including phenoxy) is 3. The number of hydrogen-bond acceptors (Lipinski definition) is 5. The average Bonchev–Trinajstić information content (AvgIpc) is 3.10. The fourth-order valence-electron chi connectivity index (χ4n) is 4.23. The molecule has 0 N–H and O–H groups in total. The molecule has 0 saturated carbocycles. The second-order valence-electron chi connectivity index (χ2n) is 7.39. The van der Waals surface area contributed by atoms with Crippen LogP contribution in [-0.2, 0) is 10.4 Å². The van der Waals surface area contributed by atoms with Gasteiger partial charge in [0.25, 0.3) is 0 Å². The Labute approximate surface area is 189 Å². The van der Waals surface area contributed by atoms with Gasteiger partial charge in [0.2, 0.25) is 11.4 Å². The number of aldehydes is 1. The van der Waals surface area contributed by atoms with E-state index in [9.17, 15) is 14.0 Å². The minimum absolute atomic E-state index is 0.0781. The summed E-state index contributed by atoms with van der Waals surface area (Å²) in [6, 6.07) is 15.6. The van der Waals surface area contributed by atoms with Gasteiger partial charge in [-0.3, -0.25) is 4.79 Å². The Morgan fingerprint density at radius 1 is 1.09 bits per heavy atom. The molecule has 1 aliphatic rings. The van der Waals surface area contributed by atoms with E-state index in [1.165, 1.54) is 32.4 Å². The lowest BCUT2D eigenvalue weighted by molar-refractivity contribution is -0.109. The van der Waals surface area contributed by atoms with Crippen molar-refractivity contribution in [1.82, 2.24) is 0 Å². The highest BCUT2D eigenvalue weighted by atomic mass is 35.5. The molecule has 0 fully saturated rings. The van der Waals surface area contributed by atoms with Gasteiger partial charge in [0.05, 0.1) is 14.2 Å². The first-order chi connectivity index (χ1) is 15.4. The summed E-state index contributed by atoms with van der Waals surface area (Å²) in [6.07, 6.45) is 0.621. The summed E-state index contributed by atoms with van der Waals surface area (Å²) < 4.78 is 31.3. The van der Waals surface area contributed by atoms with Crippen molar-refractivity contribution in [1.29, 1.82) is 0 Å². The minimum Gasteiger partial charge on any atom is -0.496 e. The van der Waals surface area contributed by atoms with E-state index in [4.69, 9.17) is 25.8 Å². The van der Waals surface area contributed by atoms with Crippen LogP contribution >= 0.6 is 11.6 Å². The maximum atomic E-state index is 14.1. The van der Waals surface area contributed by atoms with E-state index in [1.807, 2.05) is 0 Å². The van der Waals surface area contributed by atoms with E-state index in [0.717, 1.165) is 0 Å². The van der Waals surface area contributed by atoms with Gasteiger partial charge in [-0.1, -0.05) is 35.9 Å². The quantitative estimate of drug-likeness (QED) is 0.451. The molecule has 0 radical (unpaired) electrons. The first-order valence-corrected chi connectivity index (χ1v) is 10.3. The van der Waals surface area contributed by atoms with Crippen LogP contribution in [0.25, 0.3) is 0 Å². The van der Waals surface area contributed by atoms with Crippen molar-refractivity contribution in [3.63, 3.8) is 0 Å². The van der Waals surface area contributed by atoms with Gasteiger partial charge in [-0.15, -0.1) is 0 Å². The van der Waals surface area contributed by atoms with Gasteiger partial charge in [0.1, 0.15) is 34.9 Å². The molecule has 7 heteroatoms. The standard InChI is InChI=1S/C25H20ClFO5/c1-30-19-13-21(31-2)23-22(14-19)32-25(24(23)29,16-6-8-17(26)9-7-16)20(10-11-28)15-4-3-5-18(27)12-15/h3-9,11-14,20H,10H2,1-2H3/t20-,25-/m0/s1. The maximum Gasteiger partial charge on any atom is 0.219 e. The largest absolute Gasteiger partial charge is 0.496 e. The van der Waals surface area contributed by atoms with Gasteiger partial charge < -0.3 is 19.0 Å². The van der Waals surface area contributed by atoms with Crippen LogP contribution in [0.1, 0.15) is 33.8 Å². The second-order valence-corrected chi connectivity index (χ2v) is 7.82. The molecule has 0 saturated heterocycles. The van der Waals surface area contributed by atoms with Gasteiger partial charge in [-0.2, -0.15) is 0 Å². The molecule has 0 spiro atoms. The van der Waals surface area contributed by atoms with E-state index >= 15 is 0 Å². The van der Waals surface area contributed by atoms with E-state index in [-0.39, 0.29) is 23.5 Å². The summed E-state index contributed by atoms with van der Waals surface area (Å²) in [5.74, 6) is -0.708. The SMILES string of the molecule is COc1cc(OC)c2c(c1)O[C@@](c1ccc(Cl)cc1)([C@@H](CC=O)c1cccc(F)c1)C2=O. The molecule has 2 atom stereocenters. The predicted molar refractivity (Wildman–Crippen MR) is 117 cm³/mol. The topological polar surface area (TPSA) is 61.8 Å². The maximum absolute atomic E-state index is 14.1. The smallest absolute Gasteiger partial charge is 0.219 e. The van der Waals surface area contributed by atoms with Crippen molar-refractivity contribution in [3.8, 4) is 17.2 Å². The molecule has 0 aliphatic carbocycles. The number of hydrogen-bond donors (Lipinski definition) is 0. The highest BCUT2D eigenvalue weighted by Gasteiger charge is 2.56. The number of methoxy groups -OCH3 is 2.